The van der Waals surface area contributed by atoms with Crippen LogP contribution in [-0.4, -0.2) is 38.5 Å². The summed E-state index contributed by atoms with van der Waals surface area (Å²) in [7, 11) is 3.29. The molecular weight excluding hydrogens is 396 g/mol. The minimum absolute atomic E-state index is 0.227. The third-order valence-corrected chi connectivity index (χ3v) is 4.92. The molecule has 1 unspecified atom stereocenters. The molecule has 1 heterocycles. The summed E-state index contributed by atoms with van der Waals surface area (Å²) >= 11 is 0. The van der Waals surface area contributed by atoms with E-state index in [-0.39, 0.29) is 11.9 Å². The third kappa shape index (κ3) is 8.50. The summed E-state index contributed by atoms with van der Waals surface area (Å²) < 4.78 is 10.1. The van der Waals surface area contributed by atoms with E-state index in [1.807, 2.05) is 48.5 Å². The van der Waals surface area contributed by atoms with Gasteiger partial charge in [0.1, 0.15) is 23.8 Å². The molecule has 1 aliphatic heterocycles. The molecule has 166 valence electrons. The summed E-state index contributed by atoms with van der Waals surface area (Å²) in [6.45, 7) is 0. The van der Waals surface area contributed by atoms with Crippen molar-refractivity contribution in [1.82, 2.24) is 10.6 Å². The summed E-state index contributed by atoms with van der Waals surface area (Å²) in [5.41, 5.74) is 2.45. The zero-order chi connectivity index (χ0) is 22.5. The van der Waals surface area contributed by atoms with Gasteiger partial charge in [-0.15, -0.1) is 0 Å². The van der Waals surface area contributed by atoms with Gasteiger partial charge in [-0.1, -0.05) is 24.3 Å². The molecule has 2 aromatic rings. The highest BCUT2D eigenvalue weighted by molar-refractivity contribution is 6.04. The van der Waals surface area contributed by atoms with Crippen molar-refractivity contribution in [3.05, 3.63) is 59.7 Å². The van der Waals surface area contributed by atoms with Gasteiger partial charge < -0.3 is 19.6 Å². The van der Waals surface area contributed by atoms with Crippen molar-refractivity contribution < 1.29 is 23.9 Å². The van der Waals surface area contributed by atoms with E-state index in [9.17, 15) is 14.4 Å². The molecule has 2 aromatic carbocycles. The van der Waals surface area contributed by atoms with Gasteiger partial charge in [0.25, 0.3) is 5.91 Å². The van der Waals surface area contributed by atoms with E-state index in [4.69, 9.17) is 9.47 Å². The zero-order valence-electron chi connectivity index (χ0n) is 18.1. The number of unbranched alkanes of at least 4 members (excludes halogenated alkanes) is 1. The number of carbonyl (C=O) groups is 3. The van der Waals surface area contributed by atoms with Crippen LogP contribution in [0, 0.1) is 0 Å². The van der Waals surface area contributed by atoms with Crippen LogP contribution in [0.4, 0.5) is 4.79 Å². The predicted molar refractivity (Wildman–Crippen MR) is 118 cm³/mol. The molecule has 1 aliphatic rings. The third-order valence-electron chi connectivity index (χ3n) is 4.92. The first-order valence-corrected chi connectivity index (χ1v) is 10.4. The number of nitrogens with one attached hydrogen (secondary N) is 2. The molecule has 0 aromatic heterocycles. The summed E-state index contributed by atoms with van der Waals surface area (Å²) in [6.07, 6.45) is 5.88. The van der Waals surface area contributed by atoms with Crippen LogP contribution in [0.3, 0.4) is 0 Å². The van der Waals surface area contributed by atoms with Gasteiger partial charge >= 0.3 is 6.03 Å². The SMILES string of the molecule is COc1ccc(CCCC2NC(=O)NC2=O)cc1.COc1ccc(CCCC=O)cc1. The Balaban J connectivity index is 0.000000233. The highest BCUT2D eigenvalue weighted by atomic mass is 16.5. The van der Waals surface area contributed by atoms with Crippen LogP contribution in [0.25, 0.3) is 0 Å². The van der Waals surface area contributed by atoms with Crippen LogP contribution >= 0.6 is 0 Å². The molecule has 31 heavy (non-hydrogen) atoms. The Kier molecular flexibility index (Phi) is 10.1. The zero-order valence-corrected chi connectivity index (χ0v) is 18.1. The normalized spacial score (nSPS) is 14.7. The van der Waals surface area contributed by atoms with Crippen molar-refractivity contribution in [2.45, 2.75) is 44.6 Å². The summed E-state index contributed by atoms with van der Waals surface area (Å²) in [4.78, 5) is 32.3. The first-order valence-electron chi connectivity index (χ1n) is 10.4. The van der Waals surface area contributed by atoms with Gasteiger partial charge in [-0.3, -0.25) is 10.1 Å². The lowest BCUT2D eigenvalue weighted by Crippen LogP contribution is -2.28. The Morgan fingerprint density at radius 2 is 1.35 bits per heavy atom. The Morgan fingerprint density at radius 3 is 1.77 bits per heavy atom. The van der Waals surface area contributed by atoms with Gasteiger partial charge in [0.2, 0.25) is 0 Å². The topological polar surface area (TPSA) is 93.7 Å². The number of ether oxygens (including phenoxy) is 2. The number of amides is 3. The number of aldehydes is 1. The van der Waals surface area contributed by atoms with E-state index in [1.165, 1.54) is 11.1 Å². The largest absolute Gasteiger partial charge is 0.497 e. The van der Waals surface area contributed by atoms with E-state index in [0.717, 1.165) is 43.5 Å². The Morgan fingerprint density at radius 1 is 0.839 bits per heavy atom. The van der Waals surface area contributed by atoms with Gasteiger partial charge in [0.05, 0.1) is 14.2 Å². The lowest BCUT2D eigenvalue weighted by molar-refractivity contribution is -0.120. The Bertz CT molecular complexity index is 834. The number of hydrogen-bond acceptors (Lipinski definition) is 5. The van der Waals surface area contributed by atoms with Crippen LogP contribution in [0.2, 0.25) is 0 Å². The lowest BCUT2D eigenvalue weighted by atomic mass is 10.0. The Hall–Kier alpha value is -3.35. The maximum absolute atomic E-state index is 11.3. The van der Waals surface area contributed by atoms with E-state index in [1.54, 1.807) is 14.2 Å². The molecule has 0 radical (unpaired) electrons. The second-order valence-electron chi connectivity index (χ2n) is 7.16. The monoisotopic (exact) mass is 426 g/mol. The summed E-state index contributed by atoms with van der Waals surface area (Å²) in [5.74, 6) is 1.48. The average Bonchev–Trinajstić information content (AvgIpc) is 3.12. The summed E-state index contributed by atoms with van der Waals surface area (Å²) in [6, 6.07) is 15.0. The molecule has 1 saturated heterocycles. The molecule has 1 fully saturated rings. The molecule has 0 spiro atoms. The average molecular weight is 427 g/mol. The minimum Gasteiger partial charge on any atom is -0.497 e. The van der Waals surface area contributed by atoms with Gasteiger partial charge in [-0.25, -0.2) is 4.79 Å². The highest BCUT2D eigenvalue weighted by Crippen LogP contribution is 2.14. The number of rotatable bonds is 10. The molecule has 7 nitrogen and oxygen atoms in total. The van der Waals surface area contributed by atoms with Crippen molar-refractivity contribution in [1.29, 1.82) is 0 Å². The number of urea groups is 1. The first-order chi connectivity index (χ1) is 15.0. The first kappa shape index (κ1) is 23.9. The number of hydrogen-bond donors (Lipinski definition) is 2. The van der Waals surface area contributed by atoms with Crippen molar-refractivity contribution in [2.24, 2.45) is 0 Å². The smallest absolute Gasteiger partial charge is 0.322 e. The van der Waals surface area contributed by atoms with Crippen LogP contribution in [0.5, 0.6) is 11.5 Å². The lowest BCUT2D eigenvalue weighted by Gasteiger charge is -2.07. The fourth-order valence-corrected chi connectivity index (χ4v) is 3.15. The molecule has 3 rings (SSSR count). The number of aryl methyl sites for hydroxylation is 2. The molecule has 0 aliphatic carbocycles. The van der Waals surface area contributed by atoms with Crippen LogP contribution < -0.4 is 20.1 Å². The molecule has 2 N–H and O–H groups in total. The van der Waals surface area contributed by atoms with Gasteiger partial charge in [0, 0.05) is 6.42 Å². The van der Waals surface area contributed by atoms with E-state index in [2.05, 4.69) is 10.6 Å². The molecule has 0 saturated carbocycles. The van der Waals surface area contributed by atoms with Crippen molar-refractivity contribution in [2.75, 3.05) is 14.2 Å². The predicted octanol–water partition coefficient (Wildman–Crippen LogP) is 3.44. The fourth-order valence-electron chi connectivity index (χ4n) is 3.15. The van der Waals surface area contributed by atoms with Crippen molar-refractivity contribution in [3.8, 4) is 11.5 Å². The molecule has 0 bridgehead atoms. The van der Waals surface area contributed by atoms with Gasteiger partial charge in [-0.05, 0) is 67.5 Å². The maximum Gasteiger partial charge on any atom is 0.322 e. The van der Waals surface area contributed by atoms with Gasteiger partial charge in [0.15, 0.2) is 0 Å². The Labute approximate surface area is 183 Å². The molecule has 3 amide bonds. The number of methoxy groups -OCH3 is 2. The van der Waals surface area contributed by atoms with Crippen molar-refractivity contribution >= 4 is 18.2 Å². The highest BCUT2D eigenvalue weighted by Gasteiger charge is 2.28. The molecule has 1 atom stereocenters. The number of benzene rings is 2. The van der Waals surface area contributed by atoms with Crippen LogP contribution in [0.15, 0.2) is 48.5 Å². The van der Waals surface area contributed by atoms with E-state index >= 15 is 0 Å². The van der Waals surface area contributed by atoms with Crippen LogP contribution in [-0.2, 0) is 22.4 Å². The van der Waals surface area contributed by atoms with Crippen molar-refractivity contribution in [3.63, 3.8) is 0 Å². The van der Waals surface area contributed by atoms with Crippen LogP contribution in [0.1, 0.15) is 36.8 Å². The van der Waals surface area contributed by atoms with E-state index in [0.29, 0.717) is 12.8 Å². The van der Waals surface area contributed by atoms with Gasteiger partial charge in [-0.2, -0.15) is 0 Å². The maximum atomic E-state index is 11.3. The number of imide groups is 1. The second kappa shape index (κ2) is 13.1. The second-order valence-corrected chi connectivity index (χ2v) is 7.16. The number of carbonyl (C=O) groups excluding carboxylic acids is 3. The molecule has 7 heteroatoms. The van der Waals surface area contributed by atoms with E-state index < -0.39 is 6.03 Å². The minimum atomic E-state index is -0.394. The quantitative estimate of drug-likeness (QED) is 0.345. The fraction of sp³-hybridized carbons (Fsp3) is 0.375. The standard InChI is InChI=1S/C13H16N2O3.C11H14O2/c1-18-10-7-5-9(6-8-10)3-2-4-11-12(16)15-13(17)14-11;1-13-11-7-5-10(6-8-11)4-2-3-9-12/h5-8,11H,2-4H2,1H3,(H2,14,15,16,17);5-9H,2-4H2,1H3. The molecular formula is C24H30N2O5. The summed E-state index contributed by atoms with van der Waals surface area (Å²) in [5, 5.41) is 4.81.